The molecule has 0 radical (unpaired) electrons. The molecular weight excluding hydrogens is 336 g/mol. The van der Waals surface area contributed by atoms with Crippen molar-refractivity contribution in [2.45, 2.75) is 13.3 Å². The zero-order valence-corrected chi connectivity index (χ0v) is 15.0. The van der Waals surface area contributed by atoms with Crippen LogP contribution >= 0.6 is 0 Å². The van der Waals surface area contributed by atoms with Gasteiger partial charge < -0.3 is 24.8 Å². The Morgan fingerprint density at radius 1 is 1.00 bits per heavy atom. The fraction of sp³-hybridized carbons (Fsp3) is 0.263. The van der Waals surface area contributed by atoms with Gasteiger partial charge in [0.1, 0.15) is 5.75 Å². The van der Waals surface area contributed by atoms with Crippen molar-refractivity contribution in [2.75, 3.05) is 26.1 Å². The van der Waals surface area contributed by atoms with Crippen LogP contribution in [0.25, 0.3) is 0 Å². The topological polar surface area (TPSA) is 85.9 Å². The van der Waals surface area contributed by atoms with E-state index in [9.17, 15) is 9.59 Å². The van der Waals surface area contributed by atoms with Gasteiger partial charge in [0.2, 0.25) is 0 Å². The van der Waals surface area contributed by atoms with Crippen molar-refractivity contribution in [1.82, 2.24) is 5.32 Å². The lowest BCUT2D eigenvalue weighted by Gasteiger charge is -2.11. The van der Waals surface area contributed by atoms with Gasteiger partial charge in [0, 0.05) is 25.2 Å². The third-order valence-corrected chi connectivity index (χ3v) is 3.50. The summed E-state index contributed by atoms with van der Waals surface area (Å²) in [7, 11) is 3.16. The maximum absolute atomic E-state index is 12.0. The molecule has 2 aromatic carbocycles. The first-order valence-electron chi connectivity index (χ1n) is 8.06. The van der Waals surface area contributed by atoms with Crippen molar-refractivity contribution in [3.05, 3.63) is 48.0 Å². The van der Waals surface area contributed by atoms with E-state index in [1.165, 1.54) is 6.92 Å². The summed E-state index contributed by atoms with van der Waals surface area (Å²) in [5.41, 5.74) is 1.55. The van der Waals surface area contributed by atoms with Gasteiger partial charge in [-0.2, -0.15) is 0 Å². The van der Waals surface area contributed by atoms with Crippen molar-refractivity contribution in [2.24, 2.45) is 0 Å². The third-order valence-electron chi connectivity index (χ3n) is 3.50. The number of rotatable bonds is 7. The van der Waals surface area contributed by atoms with Crippen LogP contribution in [0.4, 0.5) is 10.5 Å². The molecule has 2 aromatic rings. The molecule has 0 spiro atoms. The summed E-state index contributed by atoms with van der Waals surface area (Å²) in [6.07, 6.45) is 0.640. The van der Waals surface area contributed by atoms with Crippen LogP contribution in [0.1, 0.15) is 12.5 Å². The lowest BCUT2D eigenvalue weighted by Crippen LogP contribution is -2.30. The molecule has 0 aromatic heterocycles. The van der Waals surface area contributed by atoms with Gasteiger partial charge in [0.25, 0.3) is 0 Å². The predicted octanol–water partition coefficient (Wildman–Crippen LogP) is 2.99. The highest BCUT2D eigenvalue weighted by Crippen LogP contribution is 2.27. The molecule has 0 aliphatic rings. The van der Waals surface area contributed by atoms with Crippen LogP contribution in [0, 0.1) is 0 Å². The number of amides is 2. The second-order valence-electron chi connectivity index (χ2n) is 5.44. The van der Waals surface area contributed by atoms with E-state index in [0.29, 0.717) is 35.9 Å². The summed E-state index contributed by atoms with van der Waals surface area (Å²) in [4.78, 5) is 23.0. The number of ether oxygens (including phenoxy) is 3. The van der Waals surface area contributed by atoms with Crippen LogP contribution < -0.4 is 24.8 Å². The number of methoxy groups -OCH3 is 2. The summed E-state index contributed by atoms with van der Waals surface area (Å²) in [5.74, 6) is 1.27. The fourth-order valence-corrected chi connectivity index (χ4v) is 2.34. The highest BCUT2D eigenvalue weighted by molar-refractivity contribution is 5.89. The molecule has 2 amide bonds. The molecule has 0 heterocycles. The molecule has 7 nitrogen and oxygen atoms in total. The van der Waals surface area contributed by atoms with Crippen molar-refractivity contribution in [1.29, 1.82) is 0 Å². The highest BCUT2D eigenvalue weighted by Gasteiger charge is 2.06. The van der Waals surface area contributed by atoms with Crippen LogP contribution in [0.3, 0.4) is 0 Å². The zero-order chi connectivity index (χ0) is 18.9. The number of carbonyl (C=O) groups is 2. The maximum Gasteiger partial charge on any atom is 0.319 e. The number of benzene rings is 2. The first kappa shape index (κ1) is 19.1. The van der Waals surface area contributed by atoms with Gasteiger partial charge in [0.15, 0.2) is 11.5 Å². The van der Waals surface area contributed by atoms with E-state index in [4.69, 9.17) is 14.2 Å². The summed E-state index contributed by atoms with van der Waals surface area (Å²) in [5, 5.41) is 5.47. The molecule has 0 fully saturated rings. The van der Waals surface area contributed by atoms with E-state index in [-0.39, 0.29) is 6.03 Å². The molecule has 0 bridgehead atoms. The highest BCUT2D eigenvalue weighted by atomic mass is 16.5. The summed E-state index contributed by atoms with van der Waals surface area (Å²) >= 11 is 0. The minimum absolute atomic E-state index is 0.342. The molecule has 0 aliphatic heterocycles. The monoisotopic (exact) mass is 358 g/mol. The molecule has 0 atom stereocenters. The number of hydrogen-bond acceptors (Lipinski definition) is 5. The second-order valence-corrected chi connectivity index (χ2v) is 5.44. The van der Waals surface area contributed by atoms with Gasteiger partial charge in [-0.3, -0.25) is 4.79 Å². The van der Waals surface area contributed by atoms with Crippen molar-refractivity contribution >= 4 is 17.7 Å². The van der Waals surface area contributed by atoms with Crippen molar-refractivity contribution in [3.8, 4) is 17.2 Å². The standard InChI is InChI=1S/C19H22N2O5/c1-13(22)26-16-6-4-5-15(12-16)21-19(23)20-10-9-14-7-8-17(24-2)18(11-14)25-3/h4-8,11-12H,9-10H2,1-3H3,(H2,20,21,23). The van der Waals surface area contributed by atoms with E-state index in [2.05, 4.69) is 10.6 Å². The van der Waals surface area contributed by atoms with E-state index in [0.717, 1.165) is 5.56 Å². The smallest absolute Gasteiger partial charge is 0.319 e. The number of esters is 1. The first-order chi connectivity index (χ1) is 12.5. The van der Waals surface area contributed by atoms with Gasteiger partial charge in [-0.1, -0.05) is 12.1 Å². The molecule has 0 saturated heterocycles. The number of anilines is 1. The molecule has 138 valence electrons. The fourth-order valence-electron chi connectivity index (χ4n) is 2.34. The van der Waals surface area contributed by atoms with Crippen LogP contribution in [0.15, 0.2) is 42.5 Å². The van der Waals surface area contributed by atoms with Crippen LogP contribution in [-0.4, -0.2) is 32.8 Å². The molecule has 0 aliphatic carbocycles. The average molecular weight is 358 g/mol. The molecule has 2 N–H and O–H groups in total. The molecule has 0 saturated carbocycles. The Kier molecular flexibility index (Phi) is 6.84. The molecule has 2 rings (SSSR count). The van der Waals surface area contributed by atoms with Gasteiger partial charge in [-0.25, -0.2) is 4.79 Å². The normalized spacial score (nSPS) is 9.96. The lowest BCUT2D eigenvalue weighted by atomic mass is 10.1. The largest absolute Gasteiger partial charge is 0.493 e. The van der Waals surface area contributed by atoms with Gasteiger partial charge in [-0.05, 0) is 36.2 Å². The van der Waals surface area contributed by atoms with Crippen molar-refractivity contribution in [3.63, 3.8) is 0 Å². The number of nitrogens with one attached hydrogen (secondary N) is 2. The lowest BCUT2D eigenvalue weighted by molar-refractivity contribution is -0.131. The predicted molar refractivity (Wildman–Crippen MR) is 98.0 cm³/mol. The quantitative estimate of drug-likeness (QED) is 0.587. The Morgan fingerprint density at radius 2 is 1.77 bits per heavy atom. The molecule has 7 heteroatoms. The van der Waals surface area contributed by atoms with Gasteiger partial charge >= 0.3 is 12.0 Å². The minimum Gasteiger partial charge on any atom is -0.493 e. The Labute approximate surface area is 152 Å². The van der Waals surface area contributed by atoms with Crippen LogP contribution in [-0.2, 0) is 11.2 Å². The maximum atomic E-state index is 12.0. The Balaban J connectivity index is 1.85. The minimum atomic E-state index is -0.415. The summed E-state index contributed by atoms with van der Waals surface area (Å²) < 4.78 is 15.4. The Hall–Kier alpha value is -3.22. The van der Waals surface area contributed by atoms with Gasteiger partial charge in [0.05, 0.1) is 14.2 Å². The zero-order valence-electron chi connectivity index (χ0n) is 15.0. The van der Waals surface area contributed by atoms with Gasteiger partial charge in [-0.15, -0.1) is 0 Å². The number of carbonyl (C=O) groups excluding carboxylic acids is 2. The third kappa shape index (κ3) is 5.70. The summed E-state index contributed by atoms with van der Waals surface area (Å²) in [6.45, 7) is 1.77. The second kappa shape index (κ2) is 9.31. The van der Waals surface area contributed by atoms with E-state index < -0.39 is 5.97 Å². The van der Waals surface area contributed by atoms with Crippen LogP contribution in [0.2, 0.25) is 0 Å². The Bertz CT molecular complexity index is 776. The number of hydrogen-bond donors (Lipinski definition) is 2. The molecule has 0 unspecified atom stereocenters. The van der Waals surface area contributed by atoms with Crippen molar-refractivity contribution < 1.29 is 23.8 Å². The first-order valence-corrected chi connectivity index (χ1v) is 8.06. The van der Waals surface area contributed by atoms with E-state index in [1.54, 1.807) is 38.5 Å². The Morgan fingerprint density at radius 3 is 2.46 bits per heavy atom. The van der Waals surface area contributed by atoms with Crippen LogP contribution in [0.5, 0.6) is 17.2 Å². The summed E-state index contributed by atoms with van der Waals surface area (Å²) in [6, 6.07) is 11.9. The average Bonchev–Trinajstić information content (AvgIpc) is 2.61. The number of urea groups is 1. The SMILES string of the molecule is COc1ccc(CCNC(=O)Nc2cccc(OC(C)=O)c2)cc1OC. The van der Waals surface area contributed by atoms with E-state index >= 15 is 0 Å². The molecule has 26 heavy (non-hydrogen) atoms. The molecular formula is C19H22N2O5. The van der Waals surface area contributed by atoms with E-state index in [1.807, 2.05) is 18.2 Å².